The summed E-state index contributed by atoms with van der Waals surface area (Å²) in [6, 6.07) is 5.75. The van der Waals surface area contributed by atoms with Gasteiger partial charge in [-0.2, -0.15) is 5.10 Å². The molecule has 0 aliphatic carbocycles. The molecule has 0 spiro atoms. The van der Waals surface area contributed by atoms with E-state index in [9.17, 15) is 0 Å². The molecule has 1 aromatic heterocycles. The highest BCUT2D eigenvalue weighted by molar-refractivity contribution is 5.60. The van der Waals surface area contributed by atoms with E-state index in [-0.39, 0.29) is 6.10 Å². The smallest absolute Gasteiger partial charge is 0.181 e. The maximum atomic E-state index is 5.64. The molecule has 0 saturated carbocycles. The Kier molecular flexibility index (Phi) is 4.58. The summed E-state index contributed by atoms with van der Waals surface area (Å²) in [6.07, 6.45) is 2.09. The van der Waals surface area contributed by atoms with Crippen LogP contribution in [0.2, 0.25) is 0 Å². The highest BCUT2D eigenvalue weighted by Crippen LogP contribution is 2.33. The van der Waals surface area contributed by atoms with E-state index in [2.05, 4.69) is 15.2 Å². The van der Waals surface area contributed by atoms with Crippen molar-refractivity contribution >= 4 is 0 Å². The first kappa shape index (κ1) is 14.8. The third-order valence-corrected chi connectivity index (χ3v) is 3.54. The van der Waals surface area contributed by atoms with E-state index in [1.807, 2.05) is 32.0 Å². The molecule has 0 bridgehead atoms. The largest absolute Gasteiger partial charge is 0.490 e. The zero-order valence-electron chi connectivity index (χ0n) is 13.0. The Balaban J connectivity index is 1.85. The molecule has 1 aromatic carbocycles. The first-order valence-corrected chi connectivity index (χ1v) is 7.75. The van der Waals surface area contributed by atoms with Crippen molar-refractivity contribution in [2.24, 2.45) is 0 Å². The molecule has 1 saturated heterocycles. The Hall–Kier alpha value is -2.08. The quantitative estimate of drug-likeness (QED) is 0.888. The van der Waals surface area contributed by atoms with Crippen LogP contribution >= 0.6 is 0 Å². The molecule has 1 fully saturated rings. The van der Waals surface area contributed by atoms with E-state index in [4.69, 9.17) is 14.2 Å². The first-order chi connectivity index (χ1) is 10.8. The minimum atomic E-state index is 0.0373. The standard InChI is InChI=1S/C16H21N3O3/c1-3-20-12-8-7-11(10-14(12)21-4-2)15-17-16(19-18-15)13-6-5-9-22-13/h7-8,10,13H,3-6,9H2,1-2H3,(H,17,18,19)/t13-/m0/s1. The molecule has 6 nitrogen and oxygen atoms in total. The maximum absolute atomic E-state index is 5.64. The average Bonchev–Trinajstić information content (AvgIpc) is 3.20. The van der Waals surface area contributed by atoms with Crippen molar-refractivity contribution in [1.29, 1.82) is 0 Å². The average molecular weight is 303 g/mol. The predicted octanol–water partition coefficient (Wildman–Crippen LogP) is 3.12. The monoisotopic (exact) mass is 303 g/mol. The van der Waals surface area contributed by atoms with Crippen molar-refractivity contribution in [3.8, 4) is 22.9 Å². The summed E-state index contributed by atoms with van der Waals surface area (Å²) in [5.41, 5.74) is 0.896. The van der Waals surface area contributed by atoms with E-state index in [1.165, 1.54) is 0 Å². The lowest BCUT2D eigenvalue weighted by molar-refractivity contribution is 0.105. The molecule has 1 N–H and O–H groups in total. The van der Waals surface area contributed by atoms with E-state index < -0.39 is 0 Å². The molecular formula is C16H21N3O3. The Labute approximate surface area is 129 Å². The number of H-pyrrole nitrogens is 1. The molecule has 118 valence electrons. The van der Waals surface area contributed by atoms with Gasteiger partial charge in [-0.3, -0.25) is 5.10 Å². The molecule has 22 heavy (non-hydrogen) atoms. The summed E-state index contributed by atoms with van der Waals surface area (Å²) >= 11 is 0. The number of aromatic amines is 1. The lowest BCUT2D eigenvalue weighted by Gasteiger charge is -2.11. The number of ether oxygens (including phenoxy) is 3. The van der Waals surface area contributed by atoms with Crippen LogP contribution in [0, 0.1) is 0 Å². The van der Waals surface area contributed by atoms with Crippen LogP contribution in [0.5, 0.6) is 11.5 Å². The fraction of sp³-hybridized carbons (Fsp3) is 0.500. The second-order valence-corrected chi connectivity index (χ2v) is 5.07. The van der Waals surface area contributed by atoms with Gasteiger partial charge in [-0.05, 0) is 44.9 Å². The van der Waals surface area contributed by atoms with Gasteiger partial charge in [-0.1, -0.05) is 0 Å². The second-order valence-electron chi connectivity index (χ2n) is 5.07. The fourth-order valence-electron chi connectivity index (χ4n) is 2.53. The summed E-state index contributed by atoms with van der Waals surface area (Å²) in [7, 11) is 0. The zero-order valence-corrected chi connectivity index (χ0v) is 13.0. The van der Waals surface area contributed by atoms with Crippen LogP contribution in [0.3, 0.4) is 0 Å². The summed E-state index contributed by atoms with van der Waals surface area (Å²) in [5.74, 6) is 2.89. The molecule has 3 rings (SSSR count). The Morgan fingerprint density at radius 3 is 2.77 bits per heavy atom. The van der Waals surface area contributed by atoms with Gasteiger partial charge >= 0.3 is 0 Å². The molecule has 2 aromatic rings. The van der Waals surface area contributed by atoms with Crippen LogP contribution in [0.1, 0.15) is 38.6 Å². The van der Waals surface area contributed by atoms with Gasteiger partial charge in [0.25, 0.3) is 0 Å². The molecule has 6 heteroatoms. The SMILES string of the molecule is CCOc1ccc(-c2n[nH]c([C@@H]3CCCO3)n2)cc1OCC. The highest BCUT2D eigenvalue weighted by atomic mass is 16.5. The minimum absolute atomic E-state index is 0.0373. The Bertz CT molecular complexity index is 621. The van der Waals surface area contributed by atoms with Gasteiger partial charge in [0.1, 0.15) is 6.10 Å². The molecular weight excluding hydrogens is 282 g/mol. The van der Waals surface area contributed by atoms with E-state index in [1.54, 1.807) is 0 Å². The third-order valence-electron chi connectivity index (χ3n) is 3.54. The first-order valence-electron chi connectivity index (χ1n) is 7.75. The van der Waals surface area contributed by atoms with Gasteiger partial charge in [0.15, 0.2) is 23.1 Å². The number of nitrogens with zero attached hydrogens (tertiary/aromatic N) is 2. The second kappa shape index (κ2) is 6.79. The lowest BCUT2D eigenvalue weighted by Crippen LogP contribution is -1.99. The van der Waals surface area contributed by atoms with Crippen molar-refractivity contribution in [3.05, 3.63) is 24.0 Å². The number of benzene rings is 1. The Morgan fingerprint density at radius 2 is 2.05 bits per heavy atom. The molecule has 0 amide bonds. The number of hydrogen-bond acceptors (Lipinski definition) is 5. The minimum Gasteiger partial charge on any atom is -0.490 e. The van der Waals surface area contributed by atoms with Crippen LogP contribution in [0.15, 0.2) is 18.2 Å². The van der Waals surface area contributed by atoms with Crippen LogP contribution in [-0.2, 0) is 4.74 Å². The topological polar surface area (TPSA) is 69.3 Å². The van der Waals surface area contributed by atoms with Gasteiger partial charge < -0.3 is 14.2 Å². The summed E-state index contributed by atoms with van der Waals surface area (Å²) in [6.45, 7) is 5.87. The molecule has 0 radical (unpaired) electrons. The predicted molar refractivity (Wildman–Crippen MR) is 82.1 cm³/mol. The van der Waals surface area contributed by atoms with Gasteiger partial charge in [0.05, 0.1) is 13.2 Å². The maximum Gasteiger partial charge on any atom is 0.181 e. The molecule has 2 heterocycles. The van der Waals surface area contributed by atoms with Crippen molar-refractivity contribution in [3.63, 3.8) is 0 Å². The van der Waals surface area contributed by atoms with Crippen LogP contribution in [-0.4, -0.2) is 35.0 Å². The number of hydrogen-bond donors (Lipinski definition) is 1. The number of nitrogens with one attached hydrogen (secondary N) is 1. The van der Waals surface area contributed by atoms with Crippen molar-refractivity contribution in [2.45, 2.75) is 32.8 Å². The van der Waals surface area contributed by atoms with Crippen molar-refractivity contribution in [1.82, 2.24) is 15.2 Å². The normalized spacial score (nSPS) is 17.6. The van der Waals surface area contributed by atoms with Gasteiger partial charge in [0, 0.05) is 12.2 Å². The molecule has 0 unspecified atom stereocenters. The number of aromatic nitrogens is 3. The third kappa shape index (κ3) is 3.06. The molecule has 1 aliphatic rings. The molecule has 1 atom stereocenters. The Morgan fingerprint density at radius 1 is 1.23 bits per heavy atom. The van der Waals surface area contributed by atoms with Crippen LogP contribution in [0.4, 0.5) is 0 Å². The van der Waals surface area contributed by atoms with Crippen molar-refractivity contribution in [2.75, 3.05) is 19.8 Å². The highest BCUT2D eigenvalue weighted by Gasteiger charge is 2.22. The summed E-state index contributed by atoms with van der Waals surface area (Å²) in [5, 5.41) is 7.27. The summed E-state index contributed by atoms with van der Waals surface area (Å²) < 4.78 is 16.8. The van der Waals surface area contributed by atoms with Crippen molar-refractivity contribution < 1.29 is 14.2 Å². The fourth-order valence-corrected chi connectivity index (χ4v) is 2.53. The number of rotatable bonds is 6. The summed E-state index contributed by atoms with van der Waals surface area (Å²) in [4.78, 5) is 4.55. The lowest BCUT2D eigenvalue weighted by atomic mass is 10.2. The van der Waals surface area contributed by atoms with E-state index in [0.29, 0.717) is 24.8 Å². The van der Waals surface area contributed by atoms with Gasteiger partial charge in [-0.15, -0.1) is 0 Å². The van der Waals surface area contributed by atoms with Crippen LogP contribution < -0.4 is 9.47 Å². The van der Waals surface area contributed by atoms with Gasteiger partial charge in [0.2, 0.25) is 0 Å². The van der Waals surface area contributed by atoms with Gasteiger partial charge in [-0.25, -0.2) is 4.98 Å². The van der Waals surface area contributed by atoms with E-state index in [0.717, 1.165) is 36.6 Å². The van der Waals surface area contributed by atoms with E-state index >= 15 is 0 Å². The zero-order chi connectivity index (χ0) is 15.4. The van der Waals surface area contributed by atoms with Crippen LogP contribution in [0.25, 0.3) is 11.4 Å². The molecule has 1 aliphatic heterocycles.